The maximum absolute atomic E-state index is 6.07. The smallest absolute Gasteiger partial charge is 0.118 e. The van der Waals surface area contributed by atoms with Crippen LogP contribution in [0.5, 0.6) is 5.75 Å². The van der Waals surface area contributed by atoms with E-state index in [2.05, 4.69) is 6.58 Å². The molecule has 4 heteroatoms. The predicted octanol–water partition coefficient (Wildman–Crippen LogP) is 2.69. The summed E-state index contributed by atoms with van der Waals surface area (Å²) in [4.78, 5) is 0. The summed E-state index contributed by atoms with van der Waals surface area (Å²) in [6.07, 6.45) is 6.76. The molecule has 0 heterocycles. The van der Waals surface area contributed by atoms with Crippen LogP contribution in [-0.2, 0) is 6.54 Å². The molecule has 108 valence electrons. The highest BCUT2D eigenvalue weighted by Gasteiger charge is 2.07. The summed E-state index contributed by atoms with van der Waals surface area (Å²) in [5.41, 5.74) is 8.08. The second-order valence-electron chi connectivity index (χ2n) is 4.40. The Morgan fingerprint density at radius 2 is 2.00 bits per heavy atom. The van der Waals surface area contributed by atoms with Gasteiger partial charge in [-0.15, -0.1) is 0 Å². The van der Waals surface area contributed by atoms with Crippen LogP contribution in [0.4, 0.5) is 0 Å². The van der Waals surface area contributed by atoms with Crippen LogP contribution in [-0.4, -0.2) is 12.1 Å². The zero-order chi connectivity index (χ0) is 15.0. The van der Waals surface area contributed by atoms with Gasteiger partial charge in [-0.3, -0.25) is 0 Å². The minimum Gasteiger partial charge on any atom is -0.497 e. The van der Waals surface area contributed by atoms with E-state index in [1.165, 1.54) is 0 Å². The van der Waals surface area contributed by atoms with Gasteiger partial charge in [0.05, 0.1) is 19.4 Å². The zero-order valence-corrected chi connectivity index (χ0v) is 12.2. The second-order valence-corrected chi connectivity index (χ2v) is 4.40. The topological polar surface area (TPSA) is 64.5 Å². The number of ether oxygens (including phenoxy) is 1. The zero-order valence-electron chi connectivity index (χ0n) is 12.2. The number of benzene rings is 1. The number of nitrogens with zero attached hydrogens (tertiary/aromatic N) is 1. The number of nitrogens with two attached hydrogens (primary N) is 2. The van der Waals surface area contributed by atoms with Crippen molar-refractivity contribution in [3.63, 3.8) is 0 Å². The number of hydrazine groups is 1. The van der Waals surface area contributed by atoms with Crippen LogP contribution in [0.15, 0.2) is 60.5 Å². The lowest BCUT2D eigenvalue weighted by Crippen LogP contribution is -2.32. The number of methoxy groups -OCH3 is 1. The first-order valence-electron chi connectivity index (χ1n) is 6.49. The molecule has 1 aromatic carbocycles. The molecule has 0 aromatic heterocycles. The quantitative estimate of drug-likeness (QED) is 0.347. The van der Waals surface area contributed by atoms with Crippen LogP contribution in [0.2, 0.25) is 0 Å². The Bertz CT molecular complexity index is 489. The first-order valence-corrected chi connectivity index (χ1v) is 6.49. The molecule has 0 atom stereocenters. The molecule has 0 amide bonds. The van der Waals surface area contributed by atoms with Crippen LogP contribution < -0.4 is 16.3 Å². The molecule has 4 N–H and O–H groups in total. The van der Waals surface area contributed by atoms with E-state index in [1.54, 1.807) is 12.1 Å². The molecule has 0 spiro atoms. The van der Waals surface area contributed by atoms with E-state index in [4.69, 9.17) is 16.3 Å². The van der Waals surface area contributed by atoms with Crippen molar-refractivity contribution in [2.45, 2.75) is 19.9 Å². The lowest BCUT2D eigenvalue weighted by molar-refractivity contribution is 0.356. The van der Waals surface area contributed by atoms with Gasteiger partial charge >= 0.3 is 0 Å². The summed E-state index contributed by atoms with van der Waals surface area (Å²) in [5.74, 6) is 6.90. The van der Waals surface area contributed by atoms with E-state index in [-0.39, 0.29) is 0 Å². The summed E-state index contributed by atoms with van der Waals surface area (Å²) in [6.45, 7) is 6.30. The third-order valence-corrected chi connectivity index (χ3v) is 2.83. The maximum atomic E-state index is 6.07. The van der Waals surface area contributed by atoms with Crippen LogP contribution in [0, 0.1) is 0 Å². The summed E-state index contributed by atoms with van der Waals surface area (Å²) < 4.78 is 5.13. The van der Waals surface area contributed by atoms with Crippen molar-refractivity contribution in [1.82, 2.24) is 5.01 Å². The van der Waals surface area contributed by atoms with Gasteiger partial charge in [0.25, 0.3) is 0 Å². The SMILES string of the molecule is C=C(N)/C(=C/C/C=C\C)N(N)Cc1ccc(OC)cc1. The van der Waals surface area contributed by atoms with Gasteiger partial charge in [-0.05, 0) is 31.0 Å². The minimum absolute atomic E-state index is 0.463. The van der Waals surface area contributed by atoms with Crippen LogP contribution in [0.1, 0.15) is 18.9 Å². The first kappa shape index (κ1) is 15.9. The Hall–Kier alpha value is -2.20. The maximum Gasteiger partial charge on any atom is 0.118 e. The molecule has 0 unspecified atom stereocenters. The molecule has 1 rings (SSSR count). The molecule has 0 aliphatic heterocycles. The molecular weight excluding hydrogens is 250 g/mol. The van der Waals surface area contributed by atoms with Crippen molar-refractivity contribution >= 4 is 0 Å². The van der Waals surface area contributed by atoms with Crippen LogP contribution in [0.3, 0.4) is 0 Å². The van der Waals surface area contributed by atoms with Gasteiger partial charge in [0, 0.05) is 5.70 Å². The summed E-state index contributed by atoms with van der Waals surface area (Å²) >= 11 is 0. The van der Waals surface area contributed by atoms with Crippen molar-refractivity contribution in [2.75, 3.05) is 7.11 Å². The Labute approximate surface area is 121 Å². The Kier molecular flexibility index (Phi) is 6.40. The van der Waals surface area contributed by atoms with E-state index in [0.29, 0.717) is 12.2 Å². The molecule has 4 nitrogen and oxygen atoms in total. The highest BCUT2D eigenvalue weighted by molar-refractivity contribution is 5.29. The molecule has 0 fully saturated rings. The Morgan fingerprint density at radius 1 is 1.35 bits per heavy atom. The highest BCUT2D eigenvalue weighted by atomic mass is 16.5. The fraction of sp³-hybridized carbons (Fsp3) is 0.250. The van der Waals surface area contributed by atoms with E-state index >= 15 is 0 Å². The average molecular weight is 273 g/mol. The van der Waals surface area contributed by atoms with Crippen LogP contribution in [0.25, 0.3) is 0 Å². The number of hydrogen-bond donors (Lipinski definition) is 2. The standard InChI is InChI=1S/C16H23N3O/c1-4-5-6-7-16(13(2)17)19(18)12-14-8-10-15(20-3)11-9-14/h4-5,7-11H,2,6,12,17-18H2,1,3H3/b5-4-,16-7-. The van der Waals surface area contributed by atoms with E-state index < -0.39 is 0 Å². The van der Waals surface area contributed by atoms with Gasteiger partial charge in [0.15, 0.2) is 0 Å². The van der Waals surface area contributed by atoms with Crippen molar-refractivity contribution in [3.8, 4) is 5.75 Å². The molecule has 0 bridgehead atoms. The average Bonchev–Trinajstić information content (AvgIpc) is 2.44. The third-order valence-electron chi connectivity index (χ3n) is 2.83. The summed E-state index contributed by atoms with van der Waals surface area (Å²) in [7, 11) is 1.64. The van der Waals surface area contributed by atoms with Gasteiger partial charge in [-0.2, -0.15) is 0 Å². The van der Waals surface area contributed by atoms with Gasteiger partial charge in [-0.1, -0.05) is 36.9 Å². The molecule has 20 heavy (non-hydrogen) atoms. The normalized spacial score (nSPS) is 11.7. The molecule has 0 aliphatic rings. The van der Waals surface area contributed by atoms with Crippen molar-refractivity contribution in [3.05, 3.63) is 66.0 Å². The second kappa shape index (κ2) is 8.07. The lowest BCUT2D eigenvalue weighted by atomic mass is 10.2. The predicted molar refractivity (Wildman–Crippen MR) is 83.6 cm³/mol. The monoisotopic (exact) mass is 273 g/mol. The van der Waals surface area contributed by atoms with E-state index in [0.717, 1.165) is 23.4 Å². The van der Waals surface area contributed by atoms with Gasteiger partial charge < -0.3 is 15.5 Å². The van der Waals surface area contributed by atoms with Crippen molar-refractivity contribution in [2.24, 2.45) is 11.6 Å². The number of allylic oxidation sites excluding steroid dienone is 3. The minimum atomic E-state index is 0.463. The Morgan fingerprint density at radius 3 is 2.50 bits per heavy atom. The van der Waals surface area contributed by atoms with Crippen molar-refractivity contribution in [1.29, 1.82) is 0 Å². The highest BCUT2D eigenvalue weighted by Crippen LogP contribution is 2.15. The van der Waals surface area contributed by atoms with Gasteiger partial charge in [-0.25, -0.2) is 5.84 Å². The number of rotatable bonds is 7. The molecule has 0 radical (unpaired) electrons. The molecule has 0 saturated carbocycles. The van der Waals surface area contributed by atoms with Gasteiger partial charge in [0.1, 0.15) is 5.75 Å². The first-order chi connectivity index (χ1) is 9.58. The fourth-order valence-corrected chi connectivity index (χ4v) is 1.76. The van der Waals surface area contributed by atoms with E-state index in [1.807, 2.05) is 49.4 Å². The molecular formula is C16H23N3O. The van der Waals surface area contributed by atoms with Crippen molar-refractivity contribution < 1.29 is 4.74 Å². The largest absolute Gasteiger partial charge is 0.497 e. The fourth-order valence-electron chi connectivity index (χ4n) is 1.76. The number of hydrogen-bond acceptors (Lipinski definition) is 4. The Balaban J connectivity index is 2.76. The van der Waals surface area contributed by atoms with Gasteiger partial charge in [0.2, 0.25) is 0 Å². The lowest BCUT2D eigenvalue weighted by Gasteiger charge is -2.22. The van der Waals surface area contributed by atoms with Crippen LogP contribution >= 0.6 is 0 Å². The summed E-state index contributed by atoms with van der Waals surface area (Å²) in [6, 6.07) is 7.76. The summed E-state index contributed by atoms with van der Waals surface area (Å²) in [5, 5.41) is 1.60. The van der Waals surface area contributed by atoms with E-state index in [9.17, 15) is 0 Å². The third kappa shape index (κ3) is 4.82. The molecule has 1 aromatic rings. The molecule has 0 aliphatic carbocycles. The molecule has 0 saturated heterocycles.